The summed E-state index contributed by atoms with van der Waals surface area (Å²) in [4.78, 5) is 25.2. The van der Waals surface area contributed by atoms with Crippen molar-refractivity contribution in [2.75, 3.05) is 31.6 Å². The van der Waals surface area contributed by atoms with Crippen molar-refractivity contribution in [3.8, 4) is 12.1 Å². The van der Waals surface area contributed by atoms with Gasteiger partial charge in [0.15, 0.2) is 5.83 Å². The number of carbonyl (C=O) groups excluding carboxylic acids is 1. The molecule has 3 aromatic rings. The van der Waals surface area contributed by atoms with Gasteiger partial charge in [0.1, 0.15) is 5.82 Å². The number of aromatic nitrogens is 2. The van der Waals surface area contributed by atoms with E-state index in [0.717, 1.165) is 36.3 Å². The molecule has 7 nitrogen and oxygen atoms in total. The van der Waals surface area contributed by atoms with Crippen molar-refractivity contribution >= 4 is 22.5 Å². The summed E-state index contributed by atoms with van der Waals surface area (Å²) >= 11 is 0. The molecule has 1 fully saturated rings. The van der Waals surface area contributed by atoms with Gasteiger partial charge in [-0.05, 0) is 41.5 Å². The fourth-order valence-corrected chi connectivity index (χ4v) is 5.55. The summed E-state index contributed by atoms with van der Waals surface area (Å²) in [6, 6.07) is 16.9. The highest BCUT2D eigenvalue weighted by molar-refractivity contribution is 5.91. The number of anilines is 1. The van der Waals surface area contributed by atoms with E-state index in [9.17, 15) is 14.4 Å². The number of nitrogens with zero attached hydrogens (tertiary/aromatic N) is 5. The molecule has 0 radical (unpaired) electrons. The van der Waals surface area contributed by atoms with Gasteiger partial charge in [0.2, 0.25) is 0 Å². The highest BCUT2D eigenvalue weighted by atomic mass is 19.1. The maximum atomic E-state index is 13.6. The summed E-state index contributed by atoms with van der Waals surface area (Å²) in [5, 5.41) is 11.8. The number of ether oxygens (including phenoxy) is 1. The van der Waals surface area contributed by atoms with Gasteiger partial charge in [0, 0.05) is 25.2 Å². The zero-order chi connectivity index (χ0) is 25.2. The van der Waals surface area contributed by atoms with Crippen LogP contribution in [-0.4, -0.2) is 53.6 Å². The Morgan fingerprint density at radius 3 is 2.81 bits per heavy atom. The third kappa shape index (κ3) is 4.37. The summed E-state index contributed by atoms with van der Waals surface area (Å²) in [7, 11) is 1.55. The zero-order valence-electron chi connectivity index (χ0n) is 20.3. The van der Waals surface area contributed by atoms with E-state index in [2.05, 4.69) is 60.0 Å². The van der Waals surface area contributed by atoms with Crippen LogP contribution in [0.15, 0.2) is 54.9 Å². The van der Waals surface area contributed by atoms with Crippen LogP contribution in [0.4, 0.5) is 10.2 Å². The van der Waals surface area contributed by atoms with Crippen molar-refractivity contribution in [1.82, 2.24) is 14.9 Å². The van der Waals surface area contributed by atoms with E-state index in [1.165, 1.54) is 21.2 Å². The SMILES string of the molecule is C=C(F)C(=O)N1CCN(c2nc(OC)nc3c2CCC(c2cccc4ccccc24)C3)CC1CC#N. The van der Waals surface area contributed by atoms with Crippen LogP contribution in [0.1, 0.15) is 35.6 Å². The summed E-state index contributed by atoms with van der Waals surface area (Å²) in [5.74, 6) is -0.656. The van der Waals surface area contributed by atoms with E-state index in [-0.39, 0.29) is 13.0 Å². The van der Waals surface area contributed by atoms with Gasteiger partial charge >= 0.3 is 6.01 Å². The number of methoxy groups -OCH3 is 1. The van der Waals surface area contributed by atoms with Gasteiger partial charge in [-0.2, -0.15) is 15.2 Å². The van der Waals surface area contributed by atoms with E-state index in [1.807, 2.05) is 0 Å². The molecule has 1 aromatic heterocycles. The van der Waals surface area contributed by atoms with Crippen LogP contribution in [0.2, 0.25) is 0 Å². The Morgan fingerprint density at radius 2 is 2.03 bits per heavy atom. The van der Waals surface area contributed by atoms with E-state index in [0.29, 0.717) is 25.0 Å². The average molecular weight is 486 g/mol. The first kappa shape index (κ1) is 23.7. The van der Waals surface area contributed by atoms with Crippen LogP contribution in [0.3, 0.4) is 0 Å². The van der Waals surface area contributed by atoms with Crippen LogP contribution in [0, 0.1) is 11.3 Å². The minimum absolute atomic E-state index is 0.100. The van der Waals surface area contributed by atoms with Crippen LogP contribution in [-0.2, 0) is 17.6 Å². The minimum atomic E-state index is -1.01. The Morgan fingerprint density at radius 1 is 1.22 bits per heavy atom. The summed E-state index contributed by atoms with van der Waals surface area (Å²) in [5.41, 5.74) is 3.37. The van der Waals surface area contributed by atoms with Gasteiger partial charge in [-0.1, -0.05) is 49.0 Å². The van der Waals surface area contributed by atoms with Crippen molar-refractivity contribution in [1.29, 1.82) is 5.26 Å². The van der Waals surface area contributed by atoms with E-state index in [1.54, 1.807) is 7.11 Å². The molecule has 2 atom stereocenters. The molecule has 8 heteroatoms. The molecule has 5 rings (SSSR count). The maximum Gasteiger partial charge on any atom is 0.318 e. The standard InChI is InChI=1S/C28H28FN5O2/c1-18(29)27(35)34-15-14-33(17-21(34)12-13-30)26-24-11-10-20(16-25(24)31-28(32-26)36-2)23-9-5-7-19-6-3-4-8-22(19)23/h3-9,20-21H,1,10-12,14-17H2,2H3. The Hall–Kier alpha value is -3.99. The van der Waals surface area contributed by atoms with Crippen LogP contribution in [0.5, 0.6) is 6.01 Å². The van der Waals surface area contributed by atoms with Gasteiger partial charge in [-0.15, -0.1) is 0 Å². The Bertz CT molecular complexity index is 1360. The molecule has 36 heavy (non-hydrogen) atoms. The van der Waals surface area contributed by atoms with E-state index < -0.39 is 17.8 Å². The van der Waals surface area contributed by atoms with Crippen LogP contribution < -0.4 is 9.64 Å². The van der Waals surface area contributed by atoms with Gasteiger partial charge in [-0.25, -0.2) is 4.39 Å². The maximum absolute atomic E-state index is 13.6. The second-order valence-corrected chi connectivity index (χ2v) is 9.33. The number of carbonyl (C=O) groups is 1. The molecule has 1 amide bonds. The van der Waals surface area contributed by atoms with E-state index in [4.69, 9.17) is 14.7 Å². The largest absolute Gasteiger partial charge is 0.467 e. The summed E-state index contributed by atoms with van der Waals surface area (Å²) < 4.78 is 19.1. The zero-order valence-corrected chi connectivity index (χ0v) is 20.3. The lowest BCUT2D eigenvalue weighted by Gasteiger charge is -2.42. The van der Waals surface area contributed by atoms with Crippen molar-refractivity contribution in [2.45, 2.75) is 37.6 Å². The topological polar surface area (TPSA) is 82.3 Å². The monoisotopic (exact) mass is 485 g/mol. The number of rotatable bonds is 5. The number of amides is 1. The number of benzene rings is 2. The van der Waals surface area contributed by atoms with Crippen molar-refractivity contribution in [3.05, 3.63) is 71.7 Å². The highest BCUT2D eigenvalue weighted by Crippen LogP contribution is 2.39. The lowest BCUT2D eigenvalue weighted by atomic mass is 9.80. The number of hydrogen-bond donors (Lipinski definition) is 0. The second-order valence-electron chi connectivity index (χ2n) is 9.33. The third-order valence-electron chi connectivity index (χ3n) is 7.28. The molecule has 2 heterocycles. The molecule has 2 unspecified atom stereocenters. The molecule has 2 aromatic carbocycles. The van der Waals surface area contributed by atoms with Crippen LogP contribution in [0.25, 0.3) is 10.8 Å². The first-order valence-corrected chi connectivity index (χ1v) is 12.2. The predicted octanol–water partition coefficient (Wildman–Crippen LogP) is 4.32. The molecule has 1 aliphatic carbocycles. The number of piperazine rings is 1. The summed E-state index contributed by atoms with van der Waals surface area (Å²) in [6.45, 7) is 4.28. The first-order valence-electron chi connectivity index (χ1n) is 12.2. The van der Waals surface area contributed by atoms with Gasteiger partial charge in [0.05, 0.1) is 31.3 Å². The number of fused-ring (bicyclic) bond motifs is 2. The average Bonchev–Trinajstić information content (AvgIpc) is 2.91. The van der Waals surface area contributed by atoms with Crippen molar-refractivity contribution in [3.63, 3.8) is 0 Å². The van der Waals surface area contributed by atoms with Gasteiger partial charge in [-0.3, -0.25) is 4.79 Å². The van der Waals surface area contributed by atoms with Gasteiger partial charge < -0.3 is 14.5 Å². The molecular formula is C28H28FN5O2. The molecule has 0 bridgehead atoms. The molecule has 1 saturated heterocycles. The quantitative estimate of drug-likeness (QED) is 0.501. The Labute approximate surface area is 209 Å². The van der Waals surface area contributed by atoms with Crippen molar-refractivity contribution < 1.29 is 13.9 Å². The molecule has 0 saturated carbocycles. The molecule has 1 aliphatic heterocycles. The smallest absolute Gasteiger partial charge is 0.318 e. The lowest BCUT2D eigenvalue weighted by molar-refractivity contribution is -0.131. The normalized spacial score (nSPS) is 19.5. The predicted molar refractivity (Wildman–Crippen MR) is 135 cm³/mol. The molecule has 2 aliphatic rings. The molecular weight excluding hydrogens is 457 g/mol. The number of nitriles is 1. The number of hydrogen-bond acceptors (Lipinski definition) is 6. The number of halogens is 1. The fraction of sp³-hybridized carbons (Fsp3) is 0.357. The molecule has 184 valence electrons. The third-order valence-corrected chi connectivity index (χ3v) is 7.28. The fourth-order valence-electron chi connectivity index (χ4n) is 5.55. The minimum Gasteiger partial charge on any atom is -0.467 e. The highest BCUT2D eigenvalue weighted by Gasteiger charge is 2.35. The molecule has 0 N–H and O–H groups in total. The first-order chi connectivity index (χ1) is 17.5. The Balaban J connectivity index is 1.46. The lowest BCUT2D eigenvalue weighted by Crippen LogP contribution is -2.55. The second kappa shape index (κ2) is 9.94. The summed E-state index contributed by atoms with van der Waals surface area (Å²) in [6.07, 6.45) is 2.65. The molecule has 0 spiro atoms. The van der Waals surface area contributed by atoms with Crippen LogP contribution >= 0.6 is 0 Å². The van der Waals surface area contributed by atoms with Gasteiger partial charge in [0.25, 0.3) is 5.91 Å². The van der Waals surface area contributed by atoms with Crippen molar-refractivity contribution in [2.24, 2.45) is 0 Å². The van der Waals surface area contributed by atoms with E-state index >= 15 is 0 Å². The Kier molecular flexibility index (Phi) is 6.55.